The van der Waals surface area contributed by atoms with Gasteiger partial charge in [0.1, 0.15) is 5.82 Å². The second kappa shape index (κ2) is 5.83. The van der Waals surface area contributed by atoms with Crippen molar-refractivity contribution in [1.82, 2.24) is 19.5 Å². The summed E-state index contributed by atoms with van der Waals surface area (Å²) in [6, 6.07) is 2.05. The Labute approximate surface area is 136 Å². The molecule has 1 aliphatic heterocycles. The number of ether oxygens (including phenoxy) is 1. The summed E-state index contributed by atoms with van der Waals surface area (Å²) in [7, 11) is 3.80. The van der Waals surface area contributed by atoms with Gasteiger partial charge in [-0.3, -0.25) is 0 Å². The standard InChI is InChI=1S/C17H23N5O/c1-21-13-7-4-3-6-12(13)19-16(21)14-8-5-11-22(14)17-18-10-9-15(20-17)23-2/h9-10,14H,3-8,11H2,1-2H3/t14-/m1/s1. The average Bonchev–Trinajstić information content (AvgIpc) is 3.20. The van der Waals surface area contributed by atoms with Gasteiger partial charge >= 0.3 is 0 Å². The molecule has 1 aliphatic carbocycles. The van der Waals surface area contributed by atoms with E-state index in [1.54, 1.807) is 19.4 Å². The molecule has 3 heterocycles. The molecule has 0 N–H and O–H groups in total. The van der Waals surface area contributed by atoms with E-state index >= 15 is 0 Å². The minimum Gasteiger partial charge on any atom is -0.481 e. The molecule has 6 heteroatoms. The predicted octanol–water partition coefficient (Wildman–Crippen LogP) is 2.44. The molecule has 0 saturated carbocycles. The van der Waals surface area contributed by atoms with Crippen LogP contribution in [0.25, 0.3) is 0 Å². The molecule has 0 bridgehead atoms. The molecule has 23 heavy (non-hydrogen) atoms. The first-order chi connectivity index (χ1) is 11.3. The van der Waals surface area contributed by atoms with Gasteiger partial charge in [0.2, 0.25) is 11.8 Å². The fourth-order valence-corrected chi connectivity index (χ4v) is 3.86. The van der Waals surface area contributed by atoms with Gasteiger partial charge in [0, 0.05) is 31.5 Å². The van der Waals surface area contributed by atoms with Crippen LogP contribution in [0.4, 0.5) is 5.95 Å². The van der Waals surface area contributed by atoms with Crippen molar-refractivity contribution in [3.8, 4) is 5.88 Å². The Morgan fingerprint density at radius 2 is 2.04 bits per heavy atom. The first kappa shape index (κ1) is 14.5. The number of anilines is 1. The number of rotatable bonds is 3. The Bertz CT molecular complexity index is 711. The summed E-state index contributed by atoms with van der Waals surface area (Å²) in [6.07, 6.45) is 8.82. The topological polar surface area (TPSA) is 56.1 Å². The smallest absolute Gasteiger partial charge is 0.229 e. The molecule has 2 aromatic rings. The maximum atomic E-state index is 5.25. The van der Waals surface area contributed by atoms with Gasteiger partial charge in [-0.15, -0.1) is 0 Å². The zero-order valence-electron chi connectivity index (χ0n) is 13.8. The largest absolute Gasteiger partial charge is 0.481 e. The lowest BCUT2D eigenvalue weighted by Gasteiger charge is -2.24. The highest BCUT2D eigenvalue weighted by Gasteiger charge is 2.33. The molecule has 0 aromatic carbocycles. The fraction of sp³-hybridized carbons (Fsp3) is 0.588. The van der Waals surface area contributed by atoms with Crippen LogP contribution in [-0.2, 0) is 19.9 Å². The molecule has 1 fully saturated rings. The number of fused-ring (bicyclic) bond motifs is 1. The first-order valence-corrected chi connectivity index (χ1v) is 8.46. The third-order valence-corrected chi connectivity index (χ3v) is 5.04. The average molecular weight is 313 g/mol. The van der Waals surface area contributed by atoms with Crippen LogP contribution in [0.5, 0.6) is 5.88 Å². The van der Waals surface area contributed by atoms with Crippen LogP contribution < -0.4 is 9.64 Å². The molecule has 0 unspecified atom stereocenters. The first-order valence-electron chi connectivity index (χ1n) is 8.46. The summed E-state index contributed by atoms with van der Waals surface area (Å²) in [6.45, 7) is 0.968. The van der Waals surface area contributed by atoms with Crippen LogP contribution in [0.3, 0.4) is 0 Å². The zero-order chi connectivity index (χ0) is 15.8. The molecule has 6 nitrogen and oxygen atoms in total. The van der Waals surface area contributed by atoms with E-state index in [9.17, 15) is 0 Å². The van der Waals surface area contributed by atoms with Gasteiger partial charge < -0.3 is 14.2 Å². The number of aryl methyl sites for hydroxylation is 1. The fourth-order valence-electron chi connectivity index (χ4n) is 3.86. The van der Waals surface area contributed by atoms with Crippen LogP contribution in [0.15, 0.2) is 12.3 Å². The normalized spacial score (nSPS) is 20.6. The second-order valence-electron chi connectivity index (χ2n) is 6.38. The van der Waals surface area contributed by atoms with Gasteiger partial charge in [-0.2, -0.15) is 4.98 Å². The number of aromatic nitrogens is 4. The number of hydrogen-bond acceptors (Lipinski definition) is 5. The highest BCUT2D eigenvalue weighted by Crippen LogP contribution is 2.36. The maximum absolute atomic E-state index is 5.25. The molecular formula is C17H23N5O. The Balaban J connectivity index is 1.69. The van der Waals surface area contributed by atoms with E-state index in [2.05, 4.69) is 26.5 Å². The van der Waals surface area contributed by atoms with Crippen molar-refractivity contribution in [2.45, 2.75) is 44.6 Å². The summed E-state index contributed by atoms with van der Waals surface area (Å²) >= 11 is 0. The Hall–Kier alpha value is -2.11. The molecule has 4 rings (SSSR count). The van der Waals surface area contributed by atoms with E-state index in [1.807, 2.05) is 0 Å². The van der Waals surface area contributed by atoms with Crippen molar-refractivity contribution < 1.29 is 4.74 Å². The molecule has 2 aromatic heterocycles. The van der Waals surface area contributed by atoms with Gasteiger partial charge in [0.05, 0.1) is 18.8 Å². The molecule has 0 radical (unpaired) electrons. The summed E-state index contributed by atoms with van der Waals surface area (Å²) in [5.74, 6) is 2.52. The van der Waals surface area contributed by atoms with Crippen LogP contribution >= 0.6 is 0 Å². The molecule has 1 atom stereocenters. The summed E-state index contributed by atoms with van der Waals surface area (Å²) in [4.78, 5) is 16.2. The molecular weight excluding hydrogens is 290 g/mol. The maximum Gasteiger partial charge on any atom is 0.229 e. The molecule has 2 aliphatic rings. The predicted molar refractivity (Wildman–Crippen MR) is 87.8 cm³/mol. The monoisotopic (exact) mass is 313 g/mol. The van der Waals surface area contributed by atoms with E-state index in [4.69, 9.17) is 9.72 Å². The highest BCUT2D eigenvalue weighted by molar-refractivity contribution is 5.38. The van der Waals surface area contributed by atoms with Crippen molar-refractivity contribution in [1.29, 1.82) is 0 Å². The quantitative estimate of drug-likeness (QED) is 0.871. The Morgan fingerprint density at radius 1 is 1.17 bits per heavy atom. The number of nitrogens with zero attached hydrogens (tertiary/aromatic N) is 5. The lowest BCUT2D eigenvalue weighted by Crippen LogP contribution is -2.26. The van der Waals surface area contributed by atoms with Gasteiger partial charge in [0.25, 0.3) is 0 Å². The Morgan fingerprint density at radius 3 is 2.87 bits per heavy atom. The minimum atomic E-state index is 0.262. The summed E-state index contributed by atoms with van der Waals surface area (Å²) < 4.78 is 7.56. The van der Waals surface area contributed by atoms with Gasteiger partial charge in [-0.05, 0) is 38.5 Å². The van der Waals surface area contributed by atoms with Crippen molar-refractivity contribution in [2.75, 3.05) is 18.6 Å². The van der Waals surface area contributed by atoms with Crippen molar-refractivity contribution in [3.05, 3.63) is 29.5 Å². The number of imidazole rings is 1. The summed E-state index contributed by atoms with van der Waals surface area (Å²) in [5.41, 5.74) is 2.72. The molecule has 0 amide bonds. The molecule has 0 spiro atoms. The second-order valence-corrected chi connectivity index (χ2v) is 6.38. The van der Waals surface area contributed by atoms with Gasteiger partial charge in [-0.1, -0.05) is 0 Å². The third kappa shape index (κ3) is 2.46. The van der Waals surface area contributed by atoms with Crippen molar-refractivity contribution in [3.63, 3.8) is 0 Å². The van der Waals surface area contributed by atoms with E-state index in [0.717, 1.165) is 38.2 Å². The van der Waals surface area contributed by atoms with Crippen molar-refractivity contribution in [2.24, 2.45) is 7.05 Å². The van der Waals surface area contributed by atoms with E-state index < -0.39 is 0 Å². The lowest BCUT2D eigenvalue weighted by molar-refractivity contribution is 0.396. The minimum absolute atomic E-state index is 0.262. The van der Waals surface area contributed by atoms with Crippen LogP contribution in [0, 0.1) is 0 Å². The van der Waals surface area contributed by atoms with Crippen LogP contribution in [-0.4, -0.2) is 33.2 Å². The lowest BCUT2D eigenvalue weighted by atomic mass is 10.0. The number of hydrogen-bond donors (Lipinski definition) is 0. The summed E-state index contributed by atoms with van der Waals surface area (Å²) in [5, 5.41) is 0. The van der Waals surface area contributed by atoms with E-state index in [1.165, 1.54) is 30.1 Å². The zero-order valence-corrected chi connectivity index (χ0v) is 13.8. The van der Waals surface area contributed by atoms with Gasteiger partial charge in [-0.25, -0.2) is 9.97 Å². The van der Waals surface area contributed by atoms with Crippen LogP contribution in [0.2, 0.25) is 0 Å². The third-order valence-electron chi connectivity index (χ3n) is 5.04. The molecule has 1 saturated heterocycles. The van der Waals surface area contributed by atoms with E-state index in [0.29, 0.717) is 5.88 Å². The van der Waals surface area contributed by atoms with Gasteiger partial charge in [0.15, 0.2) is 0 Å². The highest BCUT2D eigenvalue weighted by atomic mass is 16.5. The van der Waals surface area contributed by atoms with Crippen LogP contribution in [0.1, 0.15) is 48.9 Å². The molecule has 122 valence electrons. The Kier molecular flexibility index (Phi) is 3.67. The SMILES string of the molecule is COc1ccnc(N2CCC[C@@H]2c2nc3c(n2C)CCCC3)n1. The van der Waals surface area contributed by atoms with Crippen molar-refractivity contribution >= 4 is 5.95 Å². The number of methoxy groups -OCH3 is 1. The van der Waals surface area contributed by atoms with E-state index in [-0.39, 0.29) is 6.04 Å².